The van der Waals surface area contributed by atoms with Gasteiger partial charge in [0.1, 0.15) is 5.75 Å². The summed E-state index contributed by atoms with van der Waals surface area (Å²) in [6.45, 7) is 2.72. The highest BCUT2D eigenvalue weighted by Crippen LogP contribution is 2.30. The van der Waals surface area contributed by atoms with Gasteiger partial charge in [-0.1, -0.05) is 30.0 Å². The Kier molecular flexibility index (Phi) is 5.52. The smallest absolute Gasteiger partial charge is 0.273 e. The summed E-state index contributed by atoms with van der Waals surface area (Å²) in [5.74, 6) is 2.00. The van der Waals surface area contributed by atoms with Gasteiger partial charge in [0.05, 0.1) is 12.0 Å². The van der Waals surface area contributed by atoms with Gasteiger partial charge in [0.15, 0.2) is 11.0 Å². The van der Waals surface area contributed by atoms with E-state index >= 15 is 0 Å². The Morgan fingerprint density at radius 1 is 1.15 bits per heavy atom. The SMILES string of the molecule is CCn1c(SCc2ccccc2[N+](=O)[O-])nnc1-c1ccc(OC)cc1. The van der Waals surface area contributed by atoms with Crippen LogP contribution in [0.5, 0.6) is 5.75 Å². The first-order valence-electron chi connectivity index (χ1n) is 8.06. The van der Waals surface area contributed by atoms with E-state index < -0.39 is 0 Å². The number of nitro groups is 1. The normalized spacial score (nSPS) is 10.7. The van der Waals surface area contributed by atoms with Crippen LogP contribution in [0.3, 0.4) is 0 Å². The number of benzene rings is 2. The van der Waals surface area contributed by atoms with Gasteiger partial charge >= 0.3 is 0 Å². The van der Waals surface area contributed by atoms with Crippen LogP contribution < -0.4 is 4.74 Å². The van der Waals surface area contributed by atoms with Crippen molar-refractivity contribution in [2.24, 2.45) is 0 Å². The van der Waals surface area contributed by atoms with Crippen molar-refractivity contribution in [3.8, 4) is 17.1 Å². The van der Waals surface area contributed by atoms with Crippen LogP contribution in [-0.2, 0) is 12.3 Å². The molecule has 26 heavy (non-hydrogen) atoms. The molecule has 7 nitrogen and oxygen atoms in total. The molecular weight excluding hydrogens is 352 g/mol. The van der Waals surface area contributed by atoms with E-state index in [1.165, 1.54) is 17.8 Å². The van der Waals surface area contributed by atoms with Gasteiger partial charge < -0.3 is 9.30 Å². The Labute approximate surface area is 155 Å². The number of hydrogen-bond donors (Lipinski definition) is 0. The maximum atomic E-state index is 11.2. The number of aromatic nitrogens is 3. The number of nitrogens with zero attached hydrogens (tertiary/aromatic N) is 4. The van der Waals surface area contributed by atoms with Crippen LogP contribution in [-0.4, -0.2) is 26.8 Å². The summed E-state index contributed by atoms with van der Waals surface area (Å²) < 4.78 is 7.18. The fraction of sp³-hybridized carbons (Fsp3) is 0.222. The molecule has 0 saturated carbocycles. The number of para-hydroxylation sites is 1. The molecule has 0 spiro atoms. The highest BCUT2D eigenvalue weighted by atomic mass is 32.2. The lowest BCUT2D eigenvalue weighted by Crippen LogP contribution is -2.00. The summed E-state index contributed by atoms with van der Waals surface area (Å²) in [5.41, 5.74) is 1.73. The zero-order chi connectivity index (χ0) is 18.5. The van der Waals surface area contributed by atoms with Gasteiger partial charge in [-0.05, 0) is 31.2 Å². The fourth-order valence-corrected chi connectivity index (χ4v) is 3.59. The third-order valence-electron chi connectivity index (χ3n) is 3.93. The molecule has 0 saturated heterocycles. The molecule has 0 unspecified atom stereocenters. The zero-order valence-electron chi connectivity index (χ0n) is 14.5. The molecule has 0 amide bonds. The van der Waals surface area contributed by atoms with E-state index in [1.54, 1.807) is 25.3 Å². The molecule has 0 N–H and O–H groups in total. The standard InChI is InChI=1S/C18H18N4O3S/c1-3-21-17(13-8-10-15(25-2)11-9-13)19-20-18(21)26-12-14-6-4-5-7-16(14)22(23)24/h4-11H,3,12H2,1-2H3. The third-order valence-corrected chi connectivity index (χ3v) is 4.94. The maximum Gasteiger partial charge on any atom is 0.273 e. The number of hydrogen-bond acceptors (Lipinski definition) is 6. The summed E-state index contributed by atoms with van der Waals surface area (Å²) in [6, 6.07) is 14.4. The minimum Gasteiger partial charge on any atom is -0.497 e. The predicted molar refractivity (Wildman–Crippen MR) is 100 cm³/mol. The molecule has 0 fully saturated rings. The quantitative estimate of drug-likeness (QED) is 0.352. The fourth-order valence-electron chi connectivity index (χ4n) is 2.59. The van der Waals surface area contributed by atoms with Crippen molar-refractivity contribution in [1.29, 1.82) is 0 Å². The summed E-state index contributed by atoms with van der Waals surface area (Å²) in [6.07, 6.45) is 0. The number of methoxy groups -OCH3 is 1. The number of nitro benzene ring substituents is 1. The monoisotopic (exact) mass is 370 g/mol. The van der Waals surface area contributed by atoms with E-state index in [-0.39, 0.29) is 10.6 Å². The van der Waals surface area contributed by atoms with Crippen molar-refractivity contribution in [2.75, 3.05) is 7.11 Å². The molecule has 8 heteroatoms. The Hall–Kier alpha value is -2.87. The molecule has 0 aliphatic heterocycles. The van der Waals surface area contributed by atoms with Crippen LogP contribution >= 0.6 is 11.8 Å². The molecule has 1 heterocycles. The average Bonchev–Trinajstić information content (AvgIpc) is 3.09. The topological polar surface area (TPSA) is 83.1 Å². The van der Waals surface area contributed by atoms with E-state index in [4.69, 9.17) is 4.74 Å². The van der Waals surface area contributed by atoms with Gasteiger partial charge in [-0.15, -0.1) is 10.2 Å². The summed E-state index contributed by atoms with van der Waals surface area (Å²) >= 11 is 1.44. The Morgan fingerprint density at radius 3 is 2.54 bits per heavy atom. The molecule has 0 radical (unpaired) electrons. The zero-order valence-corrected chi connectivity index (χ0v) is 15.3. The first-order chi connectivity index (χ1) is 12.6. The van der Waals surface area contributed by atoms with Gasteiger partial charge in [-0.2, -0.15) is 0 Å². The van der Waals surface area contributed by atoms with E-state index in [9.17, 15) is 10.1 Å². The molecule has 1 aromatic heterocycles. The highest BCUT2D eigenvalue weighted by molar-refractivity contribution is 7.98. The van der Waals surface area contributed by atoms with Gasteiger partial charge in [0.2, 0.25) is 0 Å². The lowest BCUT2D eigenvalue weighted by atomic mass is 10.2. The first kappa shape index (κ1) is 17.9. The first-order valence-corrected chi connectivity index (χ1v) is 9.05. The minimum absolute atomic E-state index is 0.123. The maximum absolute atomic E-state index is 11.2. The Balaban J connectivity index is 1.83. The Bertz CT molecular complexity index is 909. The van der Waals surface area contributed by atoms with Crippen LogP contribution in [0.2, 0.25) is 0 Å². The largest absolute Gasteiger partial charge is 0.497 e. The molecular formula is C18H18N4O3S. The molecule has 3 aromatic rings. The van der Waals surface area contributed by atoms with E-state index in [0.29, 0.717) is 17.9 Å². The van der Waals surface area contributed by atoms with Gasteiger partial charge in [-0.3, -0.25) is 10.1 Å². The number of thioether (sulfide) groups is 1. The van der Waals surface area contributed by atoms with Crippen molar-refractivity contribution < 1.29 is 9.66 Å². The van der Waals surface area contributed by atoms with Crippen LogP contribution in [0, 0.1) is 10.1 Å². The van der Waals surface area contributed by atoms with E-state index in [0.717, 1.165) is 22.3 Å². The van der Waals surface area contributed by atoms with E-state index in [1.807, 2.05) is 35.8 Å². The van der Waals surface area contributed by atoms with Crippen LogP contribution in [0.1, 0.15) is 12.5 Å². The number of ether oxygens (including phenoxy) is 1. The molecule has 0 bridgehead atoms. The van der Waals surface area contributed by atoms with Crippen molar-refractivity contribution >= 4 is 17.4 Å². The van der Waals surface area contributed by atoms with Crippen LogP contribution in [0.15, 0.2) is 53.7 Å². The van der Waals surface area contributed by atoms with Crippen LogP contribution in [0.25, 0.3) is 11.4 Å². The average molecular weight is 370 g/mol. The summed E-state index contributed by atoms with van der Waals surface area (Å²) in [5, 5.41) is 20.5. The van der Waals surface area contributed by atoms with E-state index in [2.05, 4.69) is 10.2 Å². The van der Waals surface area contributed by atoms with Crippen LogP contribution in [0.4, 0.5) is 5.69 Å². The lowest BCUT2D eigenvalue weighted by molar-refractivity contribution is -0.385. The summed E-state index contributed by atoms with van der Waals surface area (Å²) in [4.78, 5) is 10.8. The van der Waals surface area contributed by atoms with Gasteiger partial charge in [0.25, 0.3) is 5.69 Å². The predicted octanol–water partition coefficient (Wildman–Crippen LogP) is 4.17. The highest BCUT2D eigenvalue weighted by Gasteiger charge is 2.16. The molecule has 0 aliphatic rings. The minimum atomic E-state index is -0.358. The van der Waals surface area contributed by atoms with Gasteiger partial charge in [-0.25, -0.2) is 0 Å². The Morgan fingerprint density at radius 2 is 1.88 bits per heavy atom. The number of rotatable bonds is 7. The van der Waals surface area contributed by atoms with Crippen molar-refractivity contribution in [2.45, 2.75) is 24.4 Å². The molecule has 3 rings (SSSR count). The molecule has 0 aliphatic carbocycles. The molecule has 0 atom stereocenters. The lowest BCUT2D eigenvalue weighted by Gasteiger charge is -2.08. The van der Waals surface area contributed by atoms with Crippen molar-refractivity contribution in [1.82, 2.24) is 14.8 Å². The molecule has 2 aromatic carbocycles. The summed E-state index contributed by atoms with van der Waals surface area (Å²) in [7, 11) is 1.63. The van der Waals surface area contributed by atoms with Crippen molar-refractivity contribution in [3.05, 3.63) is 64.2 Å². The molecule has 134 valence electrons. The second kappa shape index (κ2) is 8.01. The second-order valence-electron chi connectivity index (χ2n) is 5.45. The second-order valence-corrected chi connectivity index (χ2v) is 6.40. The van der Waals surface area contributed by atoms with Crippen molar-refractivity contribution in [3.63, 3.8) is 0 Å². The van der Waals surface area contributed by atoms with Gasteiger partial charge in [0, 0.05) is 29.5 Å². The third kappa shape index (κ3) is 3.70.